The lowest BCUT2D eigenvalue weighted by Crippen LogP contribution is -2.04. The maximum atomic E-state index is 6.31. The van der Waals surface area contributed by atoms with Gasteiger partial charge in [-0.3, -0.25) is 0 Å². The number of fused-ring (bicyclic) bond motifs is 1. The molecule has 0 saturated heterocycles. The van der Waals surface area contributed by atoms with Crippen molar-refractivity contribution in [2.75, 3.05) is 0 Å². The van der Waals surface area contributed by atoms with Gasteiger partial charge in [-0.15, -0.1) is 11.6 Å². The molecule has 15 heavy (non-hydrogen) atoms. The van der Waals surface area contributed by atoms with E-state index in [0.717, 1.165) is 22.3 Å². The fraction of sp³-hybridized carbons (Fsp3) is 0.455. The van der Waals surface area contributed by atoms with Gasteiger partial charge < -0.3 is 4.98 Å². The number of H-pyrrole nitrogens is 1. The fourth-order valence-electron chi connectivity index (χ4n) is 1.64. The Labute approximate surface area is 93.9 Å². The minimum absolute atomic E-state index is 0.0979. The Balaban J connectivity index is 2.59. The van der Waals surface area contributed by atoms with Crippen molar-refractivity contribution in [2.24, 2.45) is 5.92 Å². The Morgan fingerprint density at radius 2 is 2.13 bits per heavy atom. The lowest BCUT2D eigenvalue weighted by Gasteiger charge is -2.12. The number of nitrogens with zero attached hydrogens (tertiary/aromatic N) is 2. The molecule has 0 amide bonds. The van der Waals surface area contributed by atoms with E-state index in [0.29, 0.717) is 5.92 Å². The third-order valence-electron chi connectivity index (χ3n) is 2.45. The molecule has 0 saturated carbocycles. The molecule has 1 N–H and O–H groups in total. The van der Waals surface area contributed by atoms with E-state index >= 15 is 0 Å². The van der Waals surface area contributed by atoms with E-state index < -0.39 is 0 Å². The zero-order valence-corrected chi connectivity index (χ0v) is 9.84. The first-order chi connectivity index (χ1) is 7.09. The molecule has 0 aromatic carbocycles. The number of hydrogen-bond acceptors (Lipinski definition) is 2. The first kappa shape index (κ1) is 10.4. The number of rotatable bonds is 2. The molecular weight excluding hydrogens is 210 g/mol. The van der Waals surface area contributed by atoms with Gasteiger partial charge in [0, 0.05) is 11.1 Å². The van der Waals surface area contributed by atoms with Crippen LogP contribution in [0.15, 0.2) is 12.3 Å². The molecule has 2 aromatic heterocycles. The van der Waals surface area contributed by atoms with Gasteiger partial charge in [0.05, 0.1) is 17.1 Å². The van der Waals surface area contributed by atoms with Gasteiger partial charge in [0.25, 0.3) is 0 Å². The van der Waals surface area contributed by atoms with Crippen LogP contribution in [0.1, 0.15) is 30.6 Å². The molecule has 1 unspecified atom stereocenters. The van der Waals surface area contributed by atoms with Crippen LogP contribution in [-0.4, -0.2) is 15.2 Å². The quantitative estimate of drug-likeness (QED) is 0.795. The summed E-state index contributed by atoms with van der Waals surface area (Å²) in [6, 6.07) is 2.05. The normalized spacial score (nSPS) is 13.7. The predicted molar refractivity (Wildman–Crippen MR) is 62.1 cm³/mol. The first-order valence-electron chi connectivity index (χ1n) is 5.04. The molecule has 1 atom stereocenters. The molecule has 2 heterocycles. The lowest BCUT2D eigenvalue weighted by atomic mass is 10.1. The molecule has 2 aromatic rings. The summed E-state index contributed by atoms with van der Waals surface area (Å²) in [5.74, 6) is 0.343. The molecule has 0 spiro atoms. The molecule has 0 aliphatic rings. The zero-order valence-electron chi connectivity index (χ0n) is 9.08. The van der Waals surface area contributed by atoms with Gasteiger partial charge in [-0.05, 0) is 18.9 Å². The number of alkyl halides is 1. The standard InChI is InChI=1S/C11H14ClN3/c1-6(2)9(12)11-10-8(5-13-15-11)4-7(3)14-10/h4-6,9,14H,1-3H3. The summed E-state index contributed by atoms with van der Waals surface area (Å²) in [6.45, 7) is 6.17. The minimum atomic E-state index is -0.0979. The van der Waals surface area contributed by atoms with Crippen LogP contribution in [0.5, 0.6) is 0 Å². The van der Waals surface area contributed by atoms with E-state index in [1.54, 1.807) is 6.20 Å². The average molecular weight is 224 g/mol. The largest absolute Gasteiger partial charge is 0.357 e. The van der Waals surface area contributed by atoms with Crippen molar-refractivity contribution in [2.45, 2.75) is 26.1 Å². The van der Waals surface area contributed by atoms with Gasteiger partial charge in [-0.2, -0.15) is 10.2 Å². The summed E-state index contributed by atoms with van der Waals surface area (Å²) < 4.78 is 0. The topological polar surface area (TPSA) is 41.6 Å². The Morgan fingerprint density at radius 1 is 1.40 bits per heavy atom. The van der Waals surface area contributed by atoms with Crippen LogP contribution in [0.2, 0.25) is 0 Å². The van der Waals surface area contributed by atoms with Crippen LogP contribution in [0.25, 0.3) is 10.9 Å². The number of aromatic amines is 1. The van der Waals surface area contributed by atoms with Gasteiger partial charge >= 0.3 is 0 Å². The maximum Gasteiger partial charge on any atom is 0.105 e. The highest BCUT2D eigenvalue weighted by molar-refractivity contribution is 6.21. The van der Waals surface area contributed by atoms with Crippen LogP contribution in [0.3, 0.4) is 0 Å². The summed E-state index contributed by atoms with van der Waals surface area (Å²) in [5.41, 5.74) is 2.96. The highest BCUT2D eigenvalue weighted by atomic mass is 35.5. The molecule has 0 radical (unpaired) electrons. The SMILES string of the molecule is Cc1cc2cnnc(C(Cl)C(C)C)c2[nH]1. The highest BCUT2D eigenvalue weighted by Gasteiger charge is 2.18. The molecule has 0 fully saturated rings. The van der Waals surface area contributed by atoms with Crippen molar-refractivity contribution < 1.29 is 0 Å². The molecule has 3 nitrogen and oxygen atoms in total. The van der Waals surface area contributed by atoms with Gasteiger partial charge in [0.2, 0.25) is 0 Å². The molecule has 0 aliphatic carbocycles. The molecule has 4 heteroatoms. The minimum Gasteiger partial charge on any atom is -0.357 e. The number of nitrogens with one attached hydrogen (secondary N) is 1. The van der Waals surface area contributed by atoms with E-state index in [4.69, 9.17) is 11.6 Å². The summed E-state index contributed by atoms with van der Waals surface area (Å²) in [4.78, 5) is 3.28. The van der Waals surface area contributed by atoms with Crippen LogP contribution in [-0.2, 0) is 0 Å². The highest BCUT2D eigenvalue weighted by Crippen LogP contribution is 2.31. The van der Waals surface area contributed by atoms with Crippen molar-refractivity contribution in [3.63, 3.8) is 0 Å². The maximum absolute atomic E-state index is 6.31. The smallest absolute Gasteiger partial charge is 0.105 e. The third kappa shape index (κ3) is 1.84. The number of aromatic nitrogens is 3. The second kappa shape index (κ2) is 3.81. The molecular formula is C11H14ClN3. The van der Waals surface area contributed by atoms with E-state index in [9.17, 15) is 0 Å². The molecule has 0 aliphatic heterocycles. The van der Waals surface area contributed by atoms with E-state index in [1.807, 2.05) is 6.92 Å². The van der Waals surface area contributed by atoms with Gasteiger partial charge in [0.1, 0.15) is 5.69 Å². The second-order valence-corrected chi connectivity index (χ2v) is 4.63. The van der Waals surface area contributed by atoms with Crippen molar-refractivity contribution in [3.05, 3.63) is 23.7 Å². The zero-order chi connectivity index (χ0) is 11.0. The van der Waals surface area contributed by atoms with Crippen molar-refractivity contribution in [3.8, 4) is 0 Å². The van der Waals surface area contributed by atoms with Crippen molar-refractivity contribution >= 4 is 22.5 Å². The third-order valence-corrected chi connectivity index (χ3v) is 3.16. The summed E-state index contributed by atoms with van der Waals surface area (Å²) >= 11 is 6.31. The van der Waals surface area contributed by atoms with Crippen LogP contribution in [0.4, 0.5) is 0 Å². The van der Waals surface area contributed by atoms with Crippen molar-refractivity contribution in [1.82, 2.24) is 15.2 Å². The van der Waals surface area contributed by atoms with Crippen molar-refractivity contribution in [1.29, 1.82) is 0 Å². The fourth-order valence-corrected chi connectivity index (χ4v) is 1.79. The number of hydrogen-bond donors (Lipinski definition) is 1. The van der Waals surface area contributed by atoms with Crippen LogP contribution in [0, 0.1) is 12.8 Å². The number of halogens is 1. The molecule has 0 bridgehead atoms. The average Bonchev–Trinajstić information content (AvgIpc) is 2.56. The Kier molecular flexibility index (Phi) is 2.65. The van der Waals surface area contributed by atoms with E-state index in [-0.39, 0.29) is 5.38 Å². The summed E-state index contributed by atoms with van der Waals surface area (Å²) in [6.07, 6.45) is 1.76. The first-order valence-corrected chi connectivity index (χ1v) is 5.48. The Morgan fingerprint density at radius 3 is 2.80 bits per heavy atom. The lowest BCUT2D eigenvalue weighted by molar-refractivity contribution is 0.609. The molecule has 2 rings (SSSR count). The van der Waals surface area contributed by atoms with Gasteiger partial charge in [-0.25, -0.2) is 0 Å². The second-order valence-electron chi connectivity index (χ2n) is 4.16. The Bertz CT molecular complexity index is 476. The van der Waals surface area contributed by atoms with Gasteiger partial charge in [0.15, 0.2) is 0 Å². The molecule has 80 valence electrons. The summed E-state index contributed by atoms with van der Waals surface area (Å²) in [7, 11) is 0. The summed E-state index contributed by atoms with van der Waals surface area (Å²) in [5, 5.41) is 9.08. The number of aryl methyl sites for hydroxylation is 1. The van der Waals surface area contributed by atoms with E-state index in [1.165, 1.54) is 0 Å². The van der Waals surface area contributed by atoms with E-state index in [2.05, 4.69) is 35.1 Å². The van der Waals surface area contributed by atoms with Crippen LogP contribution < -0.4 is 0 Å². The van der Waals surface area contributed by atoms with Gasteiger partial charge in [-0.1, -0.05) is 13.8 Å². The monoisotopic (exact) mass is 223 g/mol. The Hall–Kier alpha value is -1.09. The van der Waals surface area contributed by atoms with Crippen LogP contribution >= 0.6 is 11.6 Å². The predicted octanol–water partition coefficient (Wildman–Crippen LogP) is 3.20.